The van der Waals surface area contributed by atoms with Crippen molar-refractivity contribution >= 4 is 11.9 Å². The van der Waals surface area contributed by atoms with Gasteiger partial charge in [-0.3, -0.25) is 4.79 Å². The molecule has 0 aromatic heterocycles. The van der Waals surface area contributed by atoms with Gasteiger partial charge in [0.15, 0.2) is 5.60 Å². The van der Waals surface area contributed by atoms with Crippen molar-refractivity contribution in [2.24, 2.45) is 0 Å². The number of hydrogen-bond acceptors (Lipinski definition) is 3. The van der Waals surface area contributed by atoms with Gasteiger partial charge in [0.25, 0.3) is 0 Å². The SMILES string of the molecule is CC1(C(=O)O)CN(Cc2cccc(C(F)(F)F)c2)C(=O)CO1. The molecule has 8 heteroatoms. The molecule has 1 amide bonds. The topological polar surface area (TPSA) is 66.8 Å². The van der Waals surface area contributed by atoms with Crippen LogP contribution in [0, 0.1) is 0 Å². The number of carbonyl (C=O) groups excluding carboxylic acids is 1. The van der Waals surface area contributed by atoms with Gasteiger partial charge in [0.05, 0.1) is 12.1 Å². The summed E-state index contributed by atoms with van der Waals surface area (Å²) in [6.45, 7) is 0.578. The lowest BCUT2D eigenvalue weighted by atomic mass is 10.0. The van der Waals surface area contributed by atoms with Crippen LogP contribution in [0.4, 0.5) is 13.2 Å². The molecule has 1 aromatic carbocycles. The summed E-state index contributed by atoms with van der Waals surface area (Å²) in [6, 6.07) is 4.59. The molecule has 5 nitrogen and oxygen atoms in total. The third-order valence-electron chi connectivity index (χ3n) is 3.44. The monoisotopic (exact) mass is 317 g/mol. The first-order valence-corrected chi connectivity index (χ1v) is 6.43. The highest BCUT2D eigenvalue weighted by atomic mass is 19.4. The number of rotatable bonds is 3. The van der Waals surface area contributed by atoms with Crippen molar-refractivity contribution in [2.75, 3.05) is 13.2 Å². The van der Waals surface area contributed by atoms with Crippen molar-refractivity contribution in [3.8, 4) is 0 Å². The van der Waals surface area contributed by atoms with Crippen LogP contribution in [0.3, 0.4) is 0 Å². The Balaban J connectivity index is 2.19. The van der Waals surface area contributed by atoms with Crippen molar-refractivity contribution < 1.29 is 32.6 Å². The highest BCUT2D eigenvalue weighted by Gasteiger charge is 2.42. The van der Waals surface area contributed by atoms with E-state index in [1.165, 1.54) is 24.0 Å². The fourth-order valence-electron chi connectivity index (χ4n) is 2.15. The molecule has 1 aliphatic rings. The molecule has 0 radical (unpaired) electrons. The van der Waals surface area contributed by atoms with Crippen LogP contribution in [-0.4, -0.2) is 40.6 Å². The maximum atomic E-state index is 12.7. The number of nitrogens with zero attached hydrogens (tertiary/aromatic N) is 1. The number of carboxylic acids is 1. The van der Waals surface area contributed by atoms with Gasteiger partial charge in [-0.1, -0.05) is 12.1 Å². The van der Waals surface area contributed by atoms with Gasteiger partial charge in [0, 0.05) is 6.54 Å². The summed E-state index contributed by atoms with van der Waals surface area (Å²) in [6.07, 6.45) is -4.47. The number of aliphatic carboxylic acids is 1. The molecule has 2 rings (SSSR count). The molecule has 1 heterocycles. The van der Waals surface area contributed by atoms with E-state index in [-0.39, 0.29) is 18.7 Å². The standard InChI is InChI=1S/C14H14F3NO4/c1-13(12(20)21)8-18(11(19)7-22-13)6-9-3-2-4-10(5-9)14(15,16)17/h2-5H,6-8H2,1H3,(H,20,21). The van der Waals surface area contributed by atoms with Crippen molar-refractivity contribution in [1.29, 1.82) is 0 Å². The van der Waals surface area contributed by atoms with Gasteiger partial charge in [-0.05, 0) is 24.6 Å². The minimum absolute atomic E-state index is 0.102. The van der Waals surface area contributed by atoms with Crippen LogP contribution in [0.1, 0.15) is 18.1 Å². The summed E-state index contributed by atoms with van der Waals surface area (Å²) in [7, 11) is 0. The molecule has 0 spiro atoms. The van der Waals surface area contributed by atoms with E-state index in [9.17, 15) is 22.8 Å². The number of benzene rings is 1. The summed E-state index contributed by atoms with van der Waals surface area (Å²) >= 11 is 0. The minimum Gasteiger partial charge on any atom is -0.479 e. The Labute approximate surface area is 124 Å². The maximum absolute atomic E-state index is 12.7. The maximum Gasteiger partial charge on any atom is 0.416 e. The second-order valence-electron chi connectivity index (χ2n) is 5.27. The Hall–Kier alpha value is -2.09. The molecular formula is C14H14F3NO4. The zero-order valence-electron chi connectivity index (χ0n) is 11.7. The Morgan fingerprint density at radius 3 is 2.73 bits per heavy atom. The molecule has 1 fully saturated rings. The number of carbonyl (C=O) groups is 2. The van der Waals surface area contributed by atoms with Crippen LogP contribution in [0.5, 0.6) is 0 Å². The third-order valence-corrected chi connectivity index (χ3v) is 3.44. The molecular weight excluding hydrogens is 303 g/mol. The third kappa shape index (κ3) is 3.38. The van der Waals surface area contributed by atoms with Crippen LogP contribution < -0.4 is 0 Å². The molecule has 120 valence electrons. The van der Waals surface area contributed by atoms with Crippen molar-refractivity contribution in [3.63, 3.8) is 0 Å². The quantitative estimate of drug-likeness (QED) is 0.925. The highest BCUT2D eigenvalue weighted by molar-refractivity contribution is 5.83. The Morgan fingerprint density at radius 1 is 1.45 bits per heavy atom. The molecule has 1 atom stereocenters. The predicted molar refractivity (Wildman–Crippen MR) is 68.9 cm³/mol. The van der Waals surface area contributed by atoms with Crippen molar-refractivity contribution in [2.45, 2.75) is 25.2 Å². The zero-order valence-corrected chi connectivity index (χ0v) is 11.7. The predicted octanol–water partition coefficient (Wildman–Crippen LogP) is 1.91. The van der Waals surface area contributed by atoms with E-state index in [4.69, 9.17) is 9.84 Å². The molecule has 0 bridgehead atoms. The van der Waals surface area contributed by atoms with Crippen molar-refractivity contribution in [1.82, 2.24) is 4.90 Å². The fourth-order valence-corrected chi connectivity index (χ4v) is 2.15. The molecule has 0 saturated carbocycles. The van der Waals surface area contributed by atoms with Gasteiger partial charge in [-0.15, -0.1) is 0 Å². The first kappa shape index (κ1) is 16.3. The van der Waals surface area contributed by atoms with Crippen molar-refractivity contribution in [3.05, 3.63) is 35.4 Å². The van der Waals surface area contributed by atoms with Gasteiger partial charge in [-0.2, -0.15) is 13.2 Å². The Bertz CT molecular complexity index is 602. The van der Waals surface area contributed by atoms with Crippen LogP contribution in [0.15, 0.2) is 24.3 Å². The number of halogens is 3. The normalized spacial score (nSPS) is 22.7. The fraction of sp³-hybridized carbons (Fsp3) is 0.429. The van der Waals surface area contributed by atoms with Crippen LogP contribution in [-0.2, 0) is 27.0 Å². The number of hydrogen-bond donors (Lipinski definition) is 1. The van der Waals surface area contributed by atoms with E-state index in [1.807, 2.05) is 0 Å². The highest BCUT2D eigenvalue weighted by Crippen LogP contribution is 2.30. The lowest BCUT2D eigenvalue weighted by Gasteiger charge is -2.37. The first-order valence-electron chi connectivity index (χ1n) is 6.43. The lowest BCUT2D eigenvalue weighted by molar-refractivity contribution is -0.182. The Morgan fingerprint density at radius 2 is 2.14 bits per heavy atom. The molecule has 22 heavy (non-hydrogen) atoms. The summed E-state index contributed by atoms with van der Waals surface area (Å²) < 4.78 is 43.0. The van der Waals surface area contributed by atoms with Crippen LogP contribution in [0.2, 0.25) is 0 Å². The lowest BCUT2D eigenvalue weighted by Crippen LogP contribution is -2.56. The summed E-state index contributed by atoms with van der Waals surface area (Å²) in [5.74, 6) is -1.69. The minimum atomic E-state index is -4.47. The van der Waals surface area contributed by atoms with Gasteiger partial charge in [0.1, 0.15) is 6.61 Å². The summed E-state index contributed by atoms with van der Waals surface area (Å²) in [5.41, 5.74) is -2.10. The summed E-state index contributed by atoms with van der Waals surface area (Å²) in [5, 5.41) is 9.11. The van der Waals surface area contributed by atoms with Gasteiger partial charge in [-0.25, -0.2) is 4.79 Å². The number of carboxylic acid groups (broad SMARTS) is 1. The molecule has 0 aliphatic carbocycles. The van der Waals surface area contributed by atoms with E-state index < -0.39 is 35.8 Å². The van der Waals surface area contributed by atoms with Gasteiger partial charge in [0.2, 0.25) is 5.91 Å². The average Bonchev–Trinajstić information content (AvgIpc) is 2.42. The number of ether oxygens (including phenoxy) is 1. The first-order chi connectivity index (χ1) is 10.1. The summed E-state index contributed by atoms with van der Waals surface area (Å²) in [4.78, 5) is 24.1. The Kier molecular flexibility index (Phi) is 4.15. The largest absolute Gasteiger partial charge is 0.479 e. The average molecular weight is 317 g/mol. The number of morpholine rings is 1. The van der Waals surface area contributed by atoms with Crippen LogP contribution in [0.25, 0.3) is 0 Å². The smallest absolute Gasteiger partial charge is 0.416 e. The van der Waals surface area contributed by atoms with E-state index in [2.05, 4.69) is 0 Å². The zero-order chi connectivity index (χ0) is 16.5. The van der Waals surface area contributed by atoms with Crippen LogP contribution >= 0.6 is 0 Å². The molecule has 1 saturated heterocycles. The van der Waals surface area contributed by atoms with Gasteiger partial charge >= 0.3 is 12.1 Å². The van der Waals surface area contributed by atoms with E-state index in [0.717, 1.165) is 12.1 Å². The second-order valence-corrected chi connectivity index (χ2v) is 5.27. The second kappa shape index (κ2) is 5.60. The molecule has 1 unspecified atom stereocenters. The molecule has 1 aliphatic heterocycles. The van der Waals surface area contributed by atoms with E-state index >= 15 is 0 Å². The van der Waals surface area contributed by atoms with E-state index in [0.29, 0.717) is 0 Å². The molecule has 1 aromatic rings. The number of alkyl halides is 3. The van der Waals surface area contributed by atoms with E-state index in [1.54, 1.807) is 0 Å². The van der Waals surface area contributed by atoms with Gasteiger partial charge < -0.3 is 14.7 Å². The number of amides is 1. The molecule has 1 N–H and O–H groups in total.